The Kier molecular flexibility index (Phi) is 6.20. The van der Waals surface area contributed by atoms with Gasteiger partial charge in [0.05, 0.1) is 6.42 Å². The molecule has 0 amide bonds. The summed E-state index contributed by atoms with van der Waals surface area (Å²) in [6.07, 6.45) is -0.0389. The number of para-hydroxylation sites is 1. The van der Waals surface area contributed by atoms with Crippen molar-refractivity contribution >= 4 is 22.9 Å². The topological polar surface area (TPSA) is 89.3 Å². The fraction of sp³-hybridized carbons (Fsp3) is 0.167. The number of hydrogen-bond donors (Lipinski definition) is 3. The fourth-order valence-electron chi connectivity index (χ4n) is 1.92. The molecule has 4 heteroatoms. The van der Waals surface area contributed by atoms with Gasteiger partial charge in [-0.05, 0) is 60.4 Å². The Balaban J connectivity index is 0.000000287. The Hall–Kier alpha value is -2.75. The third-order valence-corrected chi connectivity index (χ3v) is 3.17. The molecule has 0 heterocycles. The van der Waals surface area contributed by atoms with Crippen molar-refractivity contribution in [3.8, 4) is 0 Å². The number of nitrogens with two attached hydrogens (primary N) is 2. The molecule has 0 saturated carbocycles. The van der Waals surface area contributed by atoms with Crippen LogP contribution < -0.4 is 11.5 Å². The van der Waals surface area contributed by atoms with Crippen LogP contribution in [-0.4, -0.2) is 11.1 Å². The van der Waals surface area contributed by atoms with Crippen LogP contribution in [0, 0.1) is 13.8 Å². The third-order valence-electron chi connectivity index (χ3n) is 3.17. The minimum Gasteiger partial charge on any atom is -0.481 e. The number of carboxylic acid groups (broad SMARTS) is 1. The molecule has 22 heavy (non-hydrogen) atoms. The van der Waals surface area contributed by atoms with Gasteiger partial charge >= 0.3 is 5.97 Å². The first-order valence-corrected chi connectivity index (χ1v) is 6.88. The van der Waals surface area contributed by atoms with Crippen molar-refractivity contribution in [1.82, 2.24) is 0 Å². The molecule has 0 atom stereocenters. The monoisotopic (exact) mass is 298 g/mol. The predicted molar refractivity (Wildman–Crippen MR) is 92.5 cm³/mol. The van der Waals surface area contributed by atoms with Gasteiger partial charge in [0.2, 0.25) is 0 Å². The maximum atomic E-state index is 10.5. The first kappa shape index (κ1) is 17.3. The lowest BCUT2D eigenvalue weighted by Crippen LogP contribution is -1.99. The number of nitrogen functional groups attached to an aromatic ring is 2. The largest absolute Gasteiger partial charge is 0.481 e. The van der Waals surface area contributed by atoms with Gasteiger partial charge in [-0.1, -0.05) is 24.8 Å². The van der Waals surface area contributed by atoms with Crippen molar-refractivity contribution in [2.45, 2.75) is 20.3 Å². The summed E-state index contributed by atoms with van der Waals surface area (Å²) in [5, 5.41) is 8.65. The molecule has 5 N–H and O–H groups in total. The zero-order valence-corrected chi connectivity index (χ0v) is 13.0. The van der Waals surface area contributed by atoms with E-state index in [4.69, 9.17) is 16.6 Å². The highest BCUT2D eigenvalue weighted by atomic mass is 16.4. The van der Waals surface area contributed by atoms with Gasteiger partial charge in [0.1, 0.15) is 0 Å². The molecule has 0 fully saturated rings. The van der Waals surface area contributed by atoms with Crippen molar-refractivity contribution in [2.24, 2.45) is 0 Å². The second-order valence-corrected chi connectivity index (χ2v) is 5.11. The number of anilines is 2. The van der Waals surface area contributed by atoms with E-state index in [0.717, 1.165) is 28.1 Å². The molecule has 0 aliphatic carbocycles. The highest BCUT2D eigenvalue weighted by Crippen LogP contribution is 2.24. The number of aliphatic carboxylic acids is 1. The summed E-state index contributed by atoms with van der Waals surface area (Å²) in [5.74, 6) is -0.868. The Morgan fingerprint density at radius 2 is 1.59 bits per heavy atom. The van der Waals surface area contributed by atoms with Crippen molar-refractivity contribution in [1.29, 1.82) is 0 Å². The Labute approximate surface area is 131 Å². The molecular formula is C18H22N2O2. The Morgan fingerprint density at radius 1 is 1.09 bits per heavy atom. The molecule has 2 rings (SSSR count). The molecular weight excluding hydrogens is 276 g/mol. The van der Waals surface area contributed by atoms with E-state index in [2.05, 4.69) is 6.58 Å². The van der Waals surface area contributed by atoms with E-state index < -0.39 is 5.97 Å². The second kappa shape index (κ2) is 7.88. The van der Waals surface area contributed by atoms with E-state index in [1.165, 1.54) is 0 Å². The van der Waals surface area contributed by atoms with Gasteiger partial charge in [-0.15, -0.1) is 0 Å². The van der Waals surface area contributed by atoms with Crippen molar-refractivity contribution in [3.05, 3.63) is 65.7 Å². The smallest absolute Gasteiger partial charge is 0.307 e. The predicted octanol–water partition coefficient (Wildman–Crippen LogP) is 3.64. The molecule has 0 unspecified atom stereocenters. The molecule has 0 aromatic heterocycles. The standard InChI is InChI=1S/C12H15NO2.C6H7N/c1-7(6-11(14)15)10-4-8(2)12(13)9(3)5-10;7-6-4-2-1-3-5-6/h4-5H,1,6,13H2,2-3H3,(H,14,15);1-5H,7H2. The molecule has 0 aliphatic rings. The maximum Gasteiger partial charge on any atom is 0.307 e. The van der Waals surface area contributed by atoms with Crippen LogP contribution >= 0.6 is 0 Å². The molecule has 0 aliphatic heterocycles. The lowest BCUT2D eigenvalue weighted by molar-refractivity contribution is -0.135. The number of aryl methyl sites for hydroxylation is 2. The summed E-state index contributed by atoms with van der Waals surface area (Å²) in [7, 11) is 0. The van der Waals surface area contributed by atoms with Crippen molar-refractivity contribution in [2.75, 3.05) is 11.5 Å². The van der Waals surface area contributed by atoms with Crippen molar-refractivity contribution in [3.63, 3.8) is 0 Å². The normalized spacial score (nSPS) is 9.55. The van der Waals surface area contributed by atoms with Crippen LogP contribution in [0.25, 0.3) is 5.57 Å². The van der Waals surface area contributed by atoms with Crippen LogP contribution in [0.4, 0.5) is 11.4 Å². The molecule has 0 spiro atoms. The number of carboxylic acids is 1. The molecule has 116 valence electrons. The van der Waals surface area contributed by atoms with E-state index in [1.807, 2.05) is 56.3 Å². The molecule has 0 bridgehead atoms. The lowest BCUT2D eigenvalue weighted by Gasteiger charge is -2.09. The van der Waals surface area contributed by atoms with Crippen LogP contribution in [0.2, 0.25) is 0 Å². The highest BCUT2D eigenvalue weighted by Gasteiger charge is 2.07. The zero-order chi connectivity index (χ0) is 16.7. The number of carbonyl (C=O) groups is 1. The summed E-state index contributed by atoms with van der Waals surface area (Å²) in [5.41, 5.74) is 16.1. The summed E-state index contributed by atoms with van der Waals surface area (Å²) in [4.78, 5) is 10.5. The average molecular weight is 298 g/mol. The quantitative estimate of drug-likeness (QED) is 0.755. The second-order valence-electron chi connectivity index (χ2n) is 5.11. The Morgan fingerprint density at radius 3 is 1.95 bits per heavy atom. The first-order valence-electron chi connectivity index (χ1n) is 6.88. The van der Waals surface area contributed by atoms with E-state index in [-0.39, 0.29) is 6.42 Å². The molecule has 0 radical (unpaired) electrons. The third kappa shape index (κ3) is 5.32. The number of hydrogen-bond acceptors (Lipinski definition) is 3. The van der Waals surface area contributed by atoms with E-state index in [1.54, 1.807) is 0 Å². The summed E-state index contributed by atoms with van der Waals surface area (Å²) >= 11 is 0. The number of benzene rings is 2. The SMILES string of the molecule is C=C(CC(=O)O)c1cc(C)c(N)c(C)c1.Nc1ccccc1. The van der Waals surface area contributed by atoms with Gasteiger partial charge in [-0.2, -0.15) is 0 Å². The first-order chi connectivity index (χ1) is 10.3. The summed E-state index contributed by atoms with van der Waals surface area (Å²) in [6, 6.07) is 13.2. The number of rotatable bonds is 3. The highest BCUT2D eigenvalue weighted by molar-refractivity contribution is 5.83. The van der Waals surface area contributed by atoms with Gasteiger partial charge in [0.15, 0.2) is 0 Å². The minimum atomic E-state index is -0.868. The summed E-state index contributed by atoms with van der Waals surface area (Å²) in [6.45, 7) is 7.56. The van der Waals surface area contributed by atoms with Gasteiger partial charge in [-0.3, -0.25) is 4.79 Å². The van der Waals surface area contributed by atoms with E-state index in [9.17, 15) is 4.79 Å². The van der Waals surface area contributed by atoms with Crippen LogP contribution in [0.15, 0.2) is 49.0 Å². The van der Waals surface area contributed by atoms with Gasteiger partial charge in [0, 0.05) is 11.4 Å². The van der Waals surface area contributed by atoms with E-state index >= 15 is 0 Å². The molecule has 2 aromatic carbocycles. The molecule has 4 nitrogen and oxygen atoms in total. The van der Waals surface area contributed by atoms with Crippen LogP contribution in [0.3, 0.4) is 0 Å². The van der Waals surface area contributed by atoms with Crippen molar-refractivity contribution < 1.29 is 9.90 Å². The van der Waals surface area contributed by atoms with Gasteiger partial charge in [-0.25, -0.2) is 0 Å². The Bertz CT molecular complexity index is 641. The molecule has 0 saturated heterocycles. The maximum absolute atomic E-state index is 10.5. The summed E-state index contributed by atoms with van der Waals surface area (Å²) < 4.78 is 0. The lowest BCUT2D eigenvalue weighted by atomic mass is 9.98. The fourth-order valence-corrected chi connectivity index (χ4v) is 1.92. The average Bonchev–Trinajstić information content (AvgIpc) is 2.45. The zero-order valence-electron chi connectivity index (χ0n) is 13.0. The molecule has 2 aromatic rings. The van der Waals surface area contributed by atoms with Crippen LogP contribution in [0.1, 0.15) is 23.1 Å². The van der Waals surface area contributed by atoms with Gasteiger partial charge < -0.3 is 16.6 Å². The van der Waals surface area contributed by atoms with Crippen LogP contribution in [-0.2, 0) is 4.79 Å². The minimum absolute atomic E-state index is 0.0389. The van der Waals surface area contributed by atoms with Crippen LogP contribution in [0.5, 0.6) is 0 Å². The van der Waals surface area contributed by atoms with Gasteiger partial charge in [0.25, 0.3) is 0 Å². The van der Waals surface area contributed by atoms with E-state index in [0.29, 0.717) is 5.57 Å².